The normalized spacial score (nSPS) is 12.5. The summed E-state index contributed by atoms with van der Waals surface area (Å²) in [6, 6.07) is 4.98. The minimum atomic E-state index is -3.65. The van der Waals surface area contributed by atoms with Gasteiger partial charge in [0, 0.05) is 17.6 Å². The lowest BCUT2D eigenvalue weighted by atomic mass is 10.1. The van der Waals surface area contributed by atoms with Crippen molar-refractivity contribution in [2.75, 3.05) is 13.2 Å². The van der Waals surface area contributed by atoms with Crippen molar-refractivity contribution in [1.82, 2.24) is 15.4 Å². The Bertz CT molecular complexity index is 819. The lowest BCUT2D eigenvalue weighted by Crippen LogP contribution is -2.39. The summed E-state index contributed by atoms with van der Waals surface area (Å²) < 4.78 is 31.4. The van der Waals surface area contributed by atoms with Crippen molar-refractivity contribution >= 4 is 27.8 Å². The quantitative estimate of drug-likeness (QED) is 0.474. The lowest BCUT2D eigenvalue weighted by Gasteiger charge is -2.17. The van der Waals surface area contributed by atoms with Gasteiger partial charge < -0.3 is 15.4 Å². The van der Waals surface area contributed by atoms with E-state index in [0.717, 1.165) is 0 Å². The minimum absolute atomic E-state index is 0.0313. The van der Waals surface area contributed by atoms with Gasteiger partial charge in [0.2, 0.25) is 10.0 Å². The molecule has 0 saturated heterocycles. The molecule has 29 heavy (non-hydrogen) atoms. The molecule has 0 bridgehead atoms. The summed E-state index contributed by atoms with van der Waals surface area (Å²) in [7, 11) is -3.65. The van der Waals surface area contributed by atoms with E-state index < -0.39 is 41.0 Å². The molecule has 3 N–H and O–H groups in total. The zero-order chi connectivity index (χ0) is 22.2. The van der Waals surface area contributed by atoms with Gasteiger partial charge in [0.05, 0.1) is 4.90 Å². The highest BCUT2D eigenvalue weighted by molar-refractivity contribution is 7.89. The number of sulfonamides is 1. The smallest absolute Gasteiger partial charge is 0.325 e. The van der Waals surface area contributed by atoms with E-state index in [2.05, 4.69) is 15.4 Å². The third-order valence-corrected chi connectivity index (χ3v) is 5.64. The number of benzene rings is 1. The SMILES string of the molecule is CC(C)NS(=O)(=O)c1ccc(C(=O)NCC(=O)OCC(=O)N[C@H](C)C(C)C)cc1. The Labute approximate surface area is 171 Å². The number of esters is 1. The molecule has 1 aromatic carbocycles. The topological polar surface area (TPSA) is 131 Å². The molecule has 1 aromatic rings. The average Bonchev–Trinajstić information content (AvgIpc) is 2.63. The van der Waals surface area contributed by atoms with Gasteiger partial charge in [-0.15, -0.1) is 0 Å². The van der Waals surface area contributed by atoms with E-state index in [4.69, 9.17) is 4.74 Å². The van der Waals surface area contributed by atoms with Crippen LogP contribution < -0.4 is 15.4 Å². The maximum Gasteiger partial charge on any atom is 0.325 e. The fraction of sp³-hybridized carbons (Fsp3) is 0.526. The third-order valence-electron chi connectivity index (χ3n) is 3.96. The summed E-state index contributed by atoms with van der Waals surface area (Å²) >= 11 is 0. The number of amides is 2. The van der Waals surface area contributed by atoms with Crippen molar-refractivity contribution in [1.29, 1.82) is 0 Å². The first-order valence-corrected chi connectivity index (χ1v) is 10.8. The van der Waals surface area contributed by atoms with Crippen molar-refractivity contribution < 1.29 is 27.5 Å². The number of hydrogen-bond acceptors (Lipinski definition) is 6. The number of rotatable bonds is 10. The maximum absolute atomic E-state index is 12.1. The van der Waals surface area contributed by atoms with Gasteiger partial charge in [-0.25, -0.2) is 13.1 Å². The van der Waals surface area contributed by atoms with Crippen LogP contribution in [0.2, 0.25) is 0 Å². The van der Waals surface area contributed by atoms with E-state index in [9.17, 15) is 22.8 Å². The standard InChI is InChI=1S/C19H29N3O6S/c1-12(2)14(5)21-17(23)11-28-18(24)10-20-19(25)15-6-8-16(9-7-15)29(26,27)22-13(3)4/h6-9,12-14,22H,10-11H2,1-5H3,(H,20,25)(H,21,23)/t14-/m1/s1. The lowest BCUT2D eigenvalue weighted by molar-refractivity contribution is -0.147. The summed E-state index contributed by atoms with van der Waals surface area (Å²) in [4.78, 5) is 35.5. The first kappa shape index (κ1) is 24.6. The van der Waals surface area contributed by atoms with E-state index in [1.807, 2.05) is 20.8 Å². The summed E-state index contributed by atoms with van der Waals surface area (Å²) in [6.45, 7) is 8.31. The Morgan fingerprint density at radius 1 is 1.00 bits per heavy atom. The highest BCUT2D eigenvalue weighted by Gasteiger charge is 2.17. The monoisotopic (exact) mass is 427 g/mol. The van der Waals surface area contributed by atoms with Gasteiger partial charge in [0.15, 0.2) is 6.61 Å². The second kappa shape index (κ2) is 10.9. The first-order chi connectivity index (χ1) is 13.4. The Morgan fingerprint density at radius 2 is 1.59 bits per heavy atom. The van der Waals surface area contributed by atoms with Crippen LogP contribution in [-0.2, 0) is 24.3 Å². The van der Waals surface area contributed by atoms with Crippen molar-refractivity contribution in [2.24, 2.45) is 5.92 Å². The van der Waals surface area contributed by atoms with E-state index in [1.54, 1.807) is 13.8 Å². The predicted molar refractivity (Wildman–Crippen MR) is 108 cm³/mol. The van der Waals surface area contributed by atoms with Crippen LogP contribution >= 0.6 is 0 Å². The molecule has 162 valence electrons. The highest BCUT2D eigenvalue weighted by Crippen LogP contribution is 2.11. The highest BCUT2D eigenvalue weighted by atomic mass is 32.2. The van der Waals surface area contributed by atoms with Crippen LogP contribution in [0, 0.1) is 5.92 Å². The number of ether oxygens (including phenoxy) is 1. The van der Waals surface area contributed by atoms with Gasteiger partial charge in [-0.05, 0) is 51.0 Å². The second-order valence-electron chi connectivity index (χ2n) is 7.24. The molecule has 0 heterocycles. The number of carbonyl (C=O) groups is 3. The van der Waals surface area contributed by atoms with Gasteiger partial charge in [0.1, 0.15) is 6.54 Å². The summed E-state index contributed by atoms with van der Waals surface area (Å²) in [5.74, 6) is -1.50. The van der Waals surface area contributed by atoms with Gasteiger partial charge in [-0.3, -0.25) is 14.4 Å². The summed E-state index contributed by atoms with van der Waals surface area (Å²) in [5, 5.41) is 5.06. The molecule has 0 unspecified atom stereocenters. The van der Waals surface area contributed by atoms with E-state index in [0.29, 0.717) is 0 Å². The predicted octanol–water partition coefficient (Wildman–Crippen LogP) is 0.807. The van der Waals surface area contributed by atoms with Crippen molar-refractivity contribution in [2.45, 2.75) is 51.6 Å². The molecule has 9 nitrogen and oxygen atoms in total. The molecular weight excluding hydrogens is 398 g/mol. The third kappa shape index (κ3) is 8.61. The Balaban J connectivity index is 2.50. The Kier molecular flexibility index (Phi) is 9.25. The molecule has 0 spiro atoms. The van der Waals surface area contributed by atoms with Crippen molar-refractivity contribution in [3.8, 4) is 0 Å². The van der Waals surface area contributed by atoms with Crippen LogP contribution in [0.5, 0.6) is 0 Å². The molecule has 0 saturated carbocycles. The number of nitrogens with one attached hydrogen (secondary N) is 3. The molecule has 0 aliphatic rings. The molecule has 10 heteroatoms. The molecule has 0 aliphatic heterocycles. The number of hydrogen-bond donors (Lipinski definition) is 3. The fourth-order valence-electron chi connectivity index (χ4n) is 2.08. The van der Waals surface area contributed by atoms with E-state index >= 15 is 0 Å². The van der Waals surface area contributed by atoms with E-state index in [-0.39, 0.29) is 28.5 Å². The molecule has 1 atom stereocenters. The van der Waals surface area contributed by atoms with Crippen LogP contribution in [-0.4, -0.2) is 51.4 Å². The molecule has 0 radical (unpaired) electrons. The summed E-state index contributed by atoms with van der Waals surface area (Å²) in [5.41, 5.74) is 0.185. The molecule has 0 fully saturated rings. The second-order valence-corrected chi connectivity index (χ2v) is 8.96. The van der Waals surface area contributed by atoms with Crippen LogP contribution in [0.4, 0.5) is 0 Å². The fourth-order valence-corrected chi connectivity index (χ4v) is 3.33. The Hall–Kier alpha value is -2.46. The van der Waals surface area contributed by atoms with E-state index in [1.165, 1.54) is 24.3 Å². The molecule has 1 rings (SSSR count). The van der Waals surface area contributed by atoms with Crippen LogP contribution in [0.25, 0.3) is 0 Å². The molecule has 2 amide bonds. The largest absolute Gasteiger partial charge is 0.454 e. The first-order valence-electron chi connectivity index (χ1n) is 9.28. The Morgan fingerprint density at radius 3 is 2.10 bits per heavy atom. The zero-order valence-corrected chi connectivity index (χ0v) is 18.1. The molecular formula is C19H29N3O6S. The zero-order valence-electron chi connectivity index (χ0n) is 17.3. The molecule has 0 aliphatic carbocycles. The van der Waals surface area contributed by atoms with Gasteiger partial charge in [0.25, 0.3) is 11.8 Å². The van der Waals surface area contributed by atoms with Crippen molar-refractivity contribution in [3.63, 3.8) is 0 Å². The maximum atomic E-state index is 12.1. The molecule has 0 aromatic heterocycles. The average molecular weight is 428 g/mol. The number of carbonyl (C=O) groups excluding carboxylic acids is 3. The van der Waals surface area contributed by atoms with Gasteiger partial charge in [-0.2, -0.15) is 0 Å². The van der Waals surface area contributed by atoms with Crippen LogP contribution in [0.3, 0.4) is 0 Å². The summed E-state index contributed by atoms with van der Waals surface area (Å²) in [6.07, 6.45) is 0. The van der Waals surface area contributed by atoms with Crippen LogP contribution in [0.1, 0.15) is 45.0 Å². The van der Waals surface area contributed by atoms with Crippen LogP contribution in [0.15, 0.2) is 29.2 Å². The van der Waals surface area contributed by atoms with Crippen molar-refractivity contribution in [3.05, 3.63) is 29.8 Å². The van der Waals surface area contributed by atoms with Gasteiger partial charge in [-0.1, -0.05) is 13.8 Å². The van der Waals surface area contributed by atoms with Gasteiger partial charge >= 0.3 is 5.97 Å². The minimum Gasteiger partial charge on any atom is -0.454 e.